The second-order valence-electron chi connectivity index (χ2n) is 3.81. The van der Waals surface area contributed by atoms with Gasteiger partial charge in [-0.1, -0.05) is 18.2 Å². The molecule has 0 saturated carbocycles. The number of halogens is 3. The van der Waals surface area contributed by atoms with Crippen LogP contribution in [0.5, 0.6) is 0 Å². The number of hydrogen-bond acceptors (Lipinski definition) is 1. The molecule has 4 heteroatoms. The zero-order valence-electron chi connectivity index (χ0n) is 9.29. The van der Waals surface area contributed by atoms with Crippen molar-refractivity contribution in [1.29, 1.82) is 0 Å². The molecule has 2 aromatic rings. The summed E-state index contributed by atoms with van der Waals surface area (Å²) in [6.07, 6.45) is -0.429. The van der Waals surface area contributed by atoms with Crippen molar-refractivity contribution in [2.24, 2.45) is 0 Å². The Morgan fingerprint density at radius 2 is 1.56 bits per heavy atom. The van der Waals surface area contributed by atoms with Crippen molar-refractivity contribution in [2.75, 3.05) is 0 Å². The van der Waals surface area contributed by atoms with Gasteiger partial charge in [0.25, 0.3) is 0 Å². The van der Waals surface area contributed by atoms with Crippen molar-refractivity contribution in [2.45, 2.75) is 6.42 Å². The van der Waals surface area contributed by atoms with Crippen LogP contribution in [0.2, 0.25) is 0 Å². The molecule has 0 spiro atoms. The molecule has 0 fully saturated rings. The Hall–Kier alpha value is -2.10. The van der Waals surface area contributed by atoms with Gasteiger partial charge in [-0.05, 0) is 24.3 Å². The maximum atomic E-state index is 13.3. The summed E-state index contributed by atoms with van der Waals surface area (Å²) in [5.41, 5.74) is -0.204. The molecule has 0 saturated heterocycles. The fraction of sp³-hybridized carbons (Fsp3) is 0.0714. The van der Waals surface area contributed by atoms with Gasteiger partial charge >= 0.3 is 0 Å². The SMILES string of the molecule is O=C(Cc1c(F)cccc1F)c1cccc(F)c1. The molecular weight excluding hydrogens is 241 g/mol. The Balaban J connectivity index is 2.27. The summed E-state index contributed by atoms with van der Waals surface area (Å²) in [6.45, 7) is 0. The van der Waals surface area contributed by atoms with Gasteiger partial charge in [0.2, 0.25) is 0 Å². The monoisotopic (exact) mass is 250 g/mol. The predicted molar refractivity (Wildman–Crippen MR) is 60.8 cm³/mol. The number of benzene rings is 2. The van der Waals surface area contributed by atoms with E-state index in [9.17, 15) is 18.0 Å². The largest absolute Gasteiger partial charge is 0.294 e. The molecule has 0 heterocycles. The van der Waals surface area contributed by atoms with Crippen LogP contribution in [-0.2, 0) is 6.42 Å². The average molecular weight is 250 g/mol. The predicted octanol–water partition coefficient (Wildman–Crippen LogP) is 3.53. The zero-order valence-corrected chi connectivity index (χ0v) is 9.29. The quantitative estimate of drug-likeness (QED) is 0.761. The summed E-state index contributed by atoms with van der Waals surface area (Å²) < 4.78 is 39.6. The maximum Gasteiger partial charge on any atom is 0.167 e. The highest BCUT2D eigenvalue weighted by Gasteiger charge is 2.14. The Bertz CT molecular complexity index is 573. The lowest BCUT2D eigenvalue weighted by Gasteiger charge is -2.04. The van der Waals surface area contributed by atoms with E-state index in [1.807, 2.05) is 0 Å². The lowest BCUT2D eigenvalue weighted by Crippen LogP contribution is -2.07. The van der Waals surface area contributed by atoms with E-state index in [0.717, 1.165) is 18.2 Å². The highest BCUT2D eigenvalue weighted by molar-refractivity contribution is 5.97. The molecule has 0 amide bonds. The molecule has 1 nitrogen and oxygen atoms in total. The molecule has 0 aromatic heterocycles. The minimum absolute atomic E-state index is 0.0950. The maximum absolute atomic E-state index is 13.3. The number of ketones is 1. The minimum atomic E-state index is -0.778. The Morgan fingerprint density at radius 3 is 2.17 bits per heavy atom. The summed E-state index contributed by atoms with van der Waals surface area (Å²) in [5.74, 6) is -2.65. The van der Waals surface area contributed by atoms with E-state index in [4.69, 9.17) is 0 Å². The third-order valence-corrected chi connectivity index (χ3v) is 2.55. The van der Waals surface area contributed by atoms with E-state index in [-0.39, 0.29) is 11.1 Å². The summed E-state index contributed by atoms with van der Waals surface area (Å²) in [5, 5.41) is 0. The standard InChI is InChI=1S/C14H9F3O/c15-10-4-1-3-9(7-10)14(18)8-11-12(16)5-2-6-13(11)17/h1-7H,8H2. The number of hydrogen-bond donors (Lipinski definition) is 0. The van der Waals surface area contributed by atoms with Gasteiger partial charge in [-0.2, -0.15) is 0 Å². The van der Waals surface area contributed by atoms with Crippen molar-refractivity contribution in [1.82, 2.24) is 0 Å². The summed E-state index contributed by atoms with van der Waals surface area (Å²) in [6, 6.07) is 8.40. The smallest absolute Gasteiger partial charge is 0.167 e. The third kappa shape index (κ3) is 2.59. The van der Waals surface area contributed by atoms with Gasteiger partial charge in [0.15, 0.2) is 5.78 Å². The van der Waals surface area contributed by atoms with Crippen LogP contribution in [0.4, 0.5) is 13.2 Å². The van der Waals surface area contributed by atoms with Crippen molar-refractivity contribution in [3.63, 3.8) is 0 Å². The number of Topliss-reactive ketones (excluding diaryl/α,β-unsaturated/α-hetero) is 1. The van der Waals surface area contributed by atoms with Gasteiger partial charge in [-0.15, -0.1) is 0 Å². The summed E-state index contributed by atoms with van der Waals surface area (Å²) in [4.78, 5) is 11.8. The summed E-state index contributed by atoms with van der Waals surface area (Å²) in [7, 11) is 0. The van der Waals surface area contributed by atoms with Crippen molar-refractivity contribution < 1.29 is 18.0 Å². The third-order valence-electron chi connectivity index (χ3n) is 2.55. The highest BCUT2D eigenvalue weighted by atomic mass is 19.1. The van der Waals surface area contributed by atoms with Crippen LogP contribution in [0.1, 0.15) is 15.9 Å². The van der Waals surface area contributed by atoms with E-state index in [1.165, 1.54) is 24.3 Å². The van der Waals surface area contributed by atoms with Gasteiger partial charge in [0.1, 0.15) is 17.5 Å². The number of carbonyl (C=O) groups is 1. The highest BCUT2D eigenvalue weighted by Crippen LogP contribution is 2.15. The van der Waals surface area contributed by atoms with Gasteiger partial charge < -0.3 is 0 Å². The molecule has 0 unspecified atom stereocenters. The molecule has 0 radical (unpaired) electrons. The molecule has 0 bridgehead atoms. The van der Waals surface area contributed by atoms with Crippen LogP contribution in [0.25, 0.3) is 0 Å². The van der Waals surface area contributed by atoms with Crippen molar-refractivity contribution >= 4 is 5.78 Å². The second-order valence-corrected chi connectivity index (χ2v) is 3.81. The Kier molecular flexibility index (Phi) is 3.46. The molecule has 0 aliphatic heterocycles. The van der Waals surface area contributed by atoms with E-state index >= 15 is 0 Å². The van der Waals surface area contributed by atoms with Crippen molar-refractivity contribution in [3.8, 4) is 0 Å². The summed E-state index contributed by atoms with van der Waals surface area (Å²) >= 11 is 0. The first-order chi connectivity index (χ1) is 8.58. The molecule has 0 N–H and O–H groups in total. The van der Waals surface area contributed by atoms with Crippen LogP contribution in [0.15, 0.2) is 42.5 Å². The minimum Gasteiger partial charge on any atom is -0.294 e. The molecule has 2 aromatic carbocycles. The zero-order chi connectivity index (χ0) is 13.1. The molecular formula is C14H9F3O. The molecule has 0 aliphatic carbocycles. The molecule has 92 valence electrons. The van der Waals surface area contributed by atoms with Gasteiger partial charge in [-0.3, -0.25) is 4.79 Å². The van der Waals surface area contributed by atoms with Gasteiger partial charge in [0, 0.05) is 17.5 Å². The lowest BCUT2D eigenvalue weighted by atomic mass is 10.0. The van der Waals surface area contributed by atoms with Crippen LogP contribution >= 0.6 is 0 Å². The number of carbonyl (C=O) groups excluding carboxylic acids is 1. The average Bonchev–Trinajstić information content (AvgIpc) is 2.34. The van der Waals surface area contributed by atoms with Crippen LogP contribution in [0.3, 0.4) is 0 Å². The first-order valence-electron chi connectivity index (χ1n) is 5.29. The van der Waals surface area contributed by atoms with Crippen LogP contribution in [-0.4, -0.2) is 5.78 Å². The van der Waals surface area contributed by atoms with Crippen LogP contribution < -0.4 is 0 Å². The molecule has 0 aliphatic rings. The molecule has 18 heavy (non-hydrogen) atoms. The van der Waals surface area contributed by atoms with E-state index in [1.54, 1.807) is 0 Å². The van der Waals surface area contributed by atoms with E-state index in [0.29, 0.717) is 0 Å². The molecule has 0 atom stereocenters. The van der Waals surface area contributed by atoms with Crippen molar-refractivity contribution in [3.05, 3.63) is 71.0 Å². The van der Waals surface area contributed by atoms with E-state index < -0.39 is 29.7 Å². The Labute approximate surface area is 102 Å². The van der Waals surface area contributed by atoms with Gasteiger partial charge in [-0.25, -0.2) is 13.2 Å². The van der Waals surface area contributed by atoms with E-state index in [2.05, 4.69) is 0 Å². The first kappa shape index (κ1) is 12.4. The normalized spacial score (nSPS) is 10.4. The lowest BCUT2D eigenvalue weighted by molar-refractivity contribution is 0.0990. The first-order valence-corrected chi connectivity index (χ1v) is 5.29. The van der Waals surface area contributed by atoms with Crippen LogP contribution in [0, 0.1) is 17.5 Å². The Morgan fingerprint density at radius 1 is 0.944 bits per heavy atom. The topological polar surface area (TPSA) is 17.1 Å². The fourth-order valence-corrected chi connectivity index (χ4v) is 1.63. The van der Waals surface area contributed by atoms with Gasteiger partial charge in [0.05, 0.1) is 0 Å². The fourth-order valence-electron chi connectivity index (χ4n) is 1.63. The molecule has 2 rings (SSSR count). The number of rotatable bonds is 3. The second kappa shape index (κ2) is 5.04.